The van der Waals surface area contributed by atoms with Crippen molar-refractivity contribution < 1.29 is 5.11 Å². The SMILES string of the molecule is OC1CSc2ccc(Br)cc21. The number of aliphatic hydroxyl groups is 1. The Bertz CT molecular complexity index is 287. The summed E-state index contributed by atoms with van der Waals surface area (Å²) in [6, 6.07) is 6.03. The summed E-state index contributed by atoms with van der Waals surface area (Å²) >= 11 is 5.09. The van der Waals surface area contributed by atoms with Crippen LogP contribution in [0.5, 0.6) is 0 Å². The van der Waals surface area contributed by atoms with Gasteiger partial charge in [0.1, 0.15) is 0 Å². The van der Waals surface area contributed by atoms with Crippen LogP contribution in [0.3, 0.4) is 0 Å². The van der Waals surface area contributed by atoms with Gasteiger partial charge in [0.15, 0.2) is 0 Å². The van der Waals surface area contributed by atoms with Crippen molar-refractivity contribution >= 4 is 27.7 Å². The van der Waals surface area contributed by atoms with E-state index in [2.05, 4.69) is 15.9 Å². The monoisotopic (exact) mass is 230 g/mol. The molecule has 1 N–H and O–H groups in total. The van der Waals surface area contributed by atoms with E-state index in [-0.39, 0.29) is 6.10 Å². The molecule has 3 heteroatoms. The lowest BCUT2D eigenvalue weighted by Gasteiger charge is -2.01. The van der Waals surface area contributed by atoms with E-state index >= 15 is 0 Å². The molecule has 1 atom stereocenters. The quantitative estimate of drug-likeness (QED) is 0.740. The van der Waals surface area contributed by atoms with Crippen molar-refractivity contribution in [2.45, 2.75) is 11.0 Å². The van der Waals surface area contributed by atoms with Gasteiger partial charge in [-0.05, 0) is 23.8 Å². The number of fused-ring (bicyclic) bond motifs is 1. The Labute approximate surface area is 77.9 Å². The zero-order valence-corrected chi connectivity index (χ0v) is 8.15. The van der Waals surface area contributed by atoms with E-state index in [1.54, 1.807) is 11.8 Å². The molecule has 0 aliphatic carbocycles. The van der Waals surface area contributed by atoms with Gasteiger partial charge in [-0.25, -0.2) is 0 Å². The minimum absolute atomic E-state index is 0.271. The summed E-state index contributed by atoms with van der Waals surface area (Å²) in [4.78, 5) is 1.21. The number of rotatable bonds is 0. The van der Waals surface area contributed by atoms with Crippen LogP contribution in [0.2, 0.25) is 0 Å². The standard InChI is InChI=1S/C8H7BrOS/c9-5-1-2-8-6(3-5)7(10)4-11-8/h1-3,7,10H,4H2. The lowest BCUT2D eigenvalue weighted by molar-refractivity contribution is 0.205. The molecule has 1 heterocycles. The van der Waals surface area contributed by atoms with E-state index in [9.17, 15) is 5.11 Å². The van der Waals surface area contributed by atoms with Gasteiger partial charge in [-0.3, -0.25) is 0 Å². The highest BCUT2D eigenvalue weighted by molar-refractivity contribution is 9.10. The van der Waals surface area contributed by atoms with E-state index in [1.807, 2.05) is 18.2 Å². The molecule has 1 aromatic carbocycles. The van der Waals surface area contributed by atoms with Gasteiger partial charge in [-0.15, -0.1) is 11.8 Å². The molecule has 0 amide bonds. The second-order valence-electron chi connectivity index (χ2n) is 2.51. The molecule has 58 valence electrons. The largest absolute Gasteiger partial charge is 0.387 e. The lowest BCUT2D eigenvalue weighted by Crippen LogP contribution is -1.92. The normalized spacial score (nSPS) is 21.8. The third-order valence-corrected chi connectivity index (χ3v) is 3.39. The van der Waals surface area contributed by atoms with Crippen LogP contribution in [0.15, 0.2) is 27.6 Å². The smallest absolute Gasteiger partial charge is 0.0895 e. The minimum atomic E-state index is -0.271. The lowest BCUT2D eigenvalue weighted by atomic mass is 10.1. The van der Waals surface area contributed by atoms with Crippen LogP contribution in [0, 0.1) is 0 Å². The fourth-order valence-electron chi connectivity index (χ4n) is 1.17. The van der Waals surface area contributed by atoms with E-state index in [1.165, 1.54) is 4.90 Å². The first kappa shape index (κ1) is 7.65. The number of hydrogen-bond donors (Lipinski definition) is 1. The maximum atomic E-state index is 9.46. The average Bonchev–Trinajstić information content (AvgIpc) is 2.33. The van der Waals surface area contributed by atoms with Crippen molar-refractivity contribution in [2.75, 3.05) is 5.75 Å². The summed E-state index contributed by atoms with van der Waals surface area (Å²) < 4.78 is 1.04. The average molecular weight is 231 g/mol. The molecule has 1 aliphatic heterocycles. The highest BCUT2D eigenvalue weighted by Gasteiger charge is 2.20. The van der Waals surface area contributed by atoms with Crippen molar-refractivity contribution in [3.05, 3.63) is 28.2 Å². The number of benzene rings is 1. The highest BCUT2D eigenvalue weighted by atomic mass is 79.9. The summed E-state index contributed by atoms with van der Waals surface area (Å²) in [5, 5.41) is 9.46. The molecule has 0 spiro atoms. The van der Waals surface area contributed by atoms with Crippen molar-refractivity contribution in [1.82, 2.24) is 0 Å². The third-order valence-electron chi connectivity index (χ3n) is 1.73. The van der Waals surface area contributed by atoms with Crippen molar-refractivity contribution in [3.63, 3.8) is 0 Å². The highest BCUT2D eigenvalue weighted by Crippen LogP contribution is 2.38. The number of aliphatic hydroxyl groups excluding tert-OH is 1. The van der Waals surface area contributed by atoms with Gasteiger partial charge in [0, 0.05) is 15.1 Å². The summed E-state index contributed by atoms with van der Waals surface area (Å²) in [6.07, 6.45) is -0.271. The van der Waals surface area contributed by atoms with E-state index in [4.69, 9.17) is 0 Å². The fourth-order valence-corrected chi connectivity index (χ4v) is 2.59. The molecule has 0 saturated heterocycles. The minimum Gasteiger partial charge on any atom is -0.387 e. The number of hydrogen-bond acceptors (Lipinski definition) is 2. The van der Waals surface area contributed by atoms with Gasteiger partial charge in [-0.2, -0.15) is 0 Å². The van der Waals surface area contributed by atoms with E-state index in [0.29, 0.717) is 0 Å². The number of thioether (sulfide) groups is 1. The first-order chi connectivity index (χ1) is 5.27. The molecule has 1 nitrogen and oxygen atoms in total. The molecule has 1 aromatic rings. The van der Waals surface area contributed by atoms with E-state index in [0.717, 1.165) is 15.8 Å². The summed E-state index contributed by atoms with van der Waals surface area (Å²) in [5.41, 5.74) is 1.06. The van der Waals surface area contributed by atoms with Crippen LogP contribution in [0.4, 0.5) is 0 Å². The Morgan fingerprint density at radius 2 is 2.36 bits per heavy atom. The van der Waals surface area contributed by atoms with Crippen molar-refractivity contribution in [2.24, 2.45) is 0 Å². The van der Waals surface area contributed by atoms with Crippen LogP contribution in [0.1, 0.15) is 11.7 Å². The molecule has 11 heavy (non-hydrogen) atoms. The van der Waals surface area contributed by atoms with Crippen molar-refractivity contribution in [3.8, 4) is 0 Å². The molecular weight excluding hydrogens is 224 g/mol. The summed E-state index contributed by atoms with van der Waals surface area (Å²) in [7, 11) is 0. The first-order valence-electron chi connectivity index (χ1n) is 3.37. The van der Waals surface area contributed by atoms with Gasteiger partial charge in [0.2, 0.25) is 0 Å². The number of halogens is 1. The van der Waals surface area contributed by atoms with Crippen LogP contribution in [-0.4, -0.2) is 10.9 Å². The Balaban J connectivity index is 2.52. The molecule has 0 radical (unpaired) electrons. The van der Waals surface area contributed by atoms with Gasteiger partial charge in [0.05, 0.1) is 6.10 Å². The second-order valence-corrected chi connectivity index (χ2v) is 4.49. The zero-order valence-electron chi connectivity index (χ0n) is 5.75. The zero-order chi connectivity index (χ0) is 7.84. The van der Waals surface area contributed by atoms with Crippen molar-refractivity contribution in [1.29, 1.82) is 0 Å². The Morgan fingerprint density at radius 3 is 3.18 bits per heavy atom. The summed E-state index contributed by atoms with van der Waals surface area (Å²) in [5.74, 6) is 0.797. The molecular formula is C8H7BrOS. The first-order valence-corrected chi connectivity index (χ1v) is 5.15. The Kier molecular flexibility index (Phi) is 1.95. The molecule has 1 aliphatic rings. The molecule has 0 aromatic heterocycles. The van der Waals surface area contributed by atoms with Gasteiger partial charge in [0.25, 0.3) is 0 Å². The Morgan fingerprint density at radius 1 is 1.55 bits per heavy atom. The van der Waals surface area contributed by atoms with Gasteiger partial charge < -0.3 is 5.11 Å². The molecule has 2 rings (SSSR count). The predicted molar refractivity (Wildman–Crippen MR) is 49.8 cm³/mol. The van der Waals surface area contributed by atoms with Gasteiger partial charge in [-0.1, -0.05) is 15.9 Å². The van der Waals surface area contributed by atoms with Crippen LogP contribution in [0.25, 0.3) is 0 Å². The van der Waals surface area contributed by atoms with Crippen LogP contribution in [-0.2, 0) is 0 Å². The van der Waals surface area contributed by atoms with Gasteiger partial charge >= 0.3 is 0 Å². The molecule has 0 bridgehead atoms. The third kappa shape index (κ3) is 1.33. The maximum absolute atomic E-state index is 9.46. The summed E-state index contributed by atoms with van der Waals surface area (Å²) in [6.45, 7) is 0. The molecule has 0 fully saturated rings. The fraction of sp³-hybridized carbons (Fsp3) is 0.250. The molecule has 1 unspecified atom stereocenters. The molecule has 0 saturated carbocycles. The second kappa shape index (κ2) is 2.81. The maximum Gasteiger partial charge on any atom is 0.0895 e. The topological polar surface area (TPSA) is 20.2 Å². The van der Waals surface area contributed by atoms with Crippen LogP contribution < -0.4 is 0 Å². The Hall–Kier alpha value is 0.01000. The predicted octanol–water partition coefficient (Wildman–Crippen LogP) is 2.59. The van der Waals surface area contributed by atoms with E-state index < -0.39 is 0 Å². The van der Waals surface area contributed by atoms with Crippen LogP contribution >= 0.6 is 27.7 Å².